The van der Waals surface area contributed by atoms with Crippen molar-refractivity contribution in [1.82, 2.24) is 5.32 Å². The number of thioether (sulfide) groups is 1. The fourth-order valence-corrected chi connectivity index (χ4v) is 4.76. The maximum absolute atomic E-state index is 12.3. The molecule has 0 spiro atoms. The third kappa shape index (κ3) is 3.68. The topological polar surface area (TPSA) is 66.4 Å². The van der Waals surface area contributed by atoms with Gasteiger partial charge < -0.3 is 10.4 Å². The van der Waals surface area contributed by atoms with E-state index in [0.717, 1.165) is 25.0 Å². The molecule has 0 heterocycles. The molecule has 5 heteroatoms. The van der Waals surface area contributed by atoms with Gasteiger partial charge in [0.2, 0.25) is 5.91 Å². The lowest BCUT2D eigenvalue weighted by Crippen LogP contribution is -2.40. The number of nitrogens with one attached hydrogen (secondary N) is 1. The molecule has 0 aromatic heterocycles. The molecule has 4 nitrogen and oxygen atoms in total. The monoisotopic (exact) mass is 299 g/mol. The summed E-state index contributed by atoms with van der Waals surface area (Å²) in [5.41, 5.74) is 0. The van der Waals surface area contributed by atoms with Gasteiger partial charge in [-0.1, -0.05) is 13.8 Å². The van der Waals surface area contributed by atoms with Gasteiger partial charge in [0.1, 0.15) is 0 Å². The van der Waals surface area contributed by atoms with Crippen LogP contribution in [0.3, 0.4) is 0 Å². The Morgan fingerprint density at radius 2 is 1.90 bits per heavy atom. The summed E-state index contributed by atoms with van der Waals surface area (Å²) >= 11 is 1.96. The van der Waals surface area contributed by atoms with E-state index in [1.54, 1.807) is 0 Å². The number of carboxylic acids is 1. The highest BCUT2D eigenvalue weighted by atomic mass is 32.2. The first kappa shape index (κ1) is 15.7. The SMILES string of the molecule is CCSC1CCC(NC(=O)[C@H]2CC(C)C[C@H]2C(=O)O)C1. The summed E-state index contributed by atoms with van der Waals surface area (Å²) in [7, 11) is 0. The Balaban J connectivity index is 1.87. The number of aliphatic carboxylic acids is 1. The van der Waals surface area contributed by atoms with Crippen molar-refractivity contribution in [2.24, 2.45) is 17.8 Å². The molecule has 0 aliphatic heterocycles. The number of amides is 1. The maximum atomic E-state index is 12.3. The van der Waals surface area contributed by atoms with Gasteiger partial charge in [0.25, 0.3) is 0 Å². The summed E-state index contributed by atoms with van der Waals surface area (Å²) in [6.45, 7) is 4.20. The predicted octanol–water partition coefficient (Wildman–Crippen LogP) is 2.52. The van der Waals surface area contributed by atoms with Crippen LogP contribution in [0.25, 0.3) is 0 Å². The zero-order valence-corrected chi connectivity index (χ0v) is 13.1. The molecule has 0 radical (unpaired) electrons. The highest BCUT2D eigenvalue weighted by Crippen LogP contribution is 2.37. The van der Waals surface area contributed by atoms with Crippen molar-refractivity contribution in [3.8, 4) is 0 Å². The molecular weight excluding hydrogens is 274 g/mol. The molecule has 2 aliphatic carbocycles. The van der Waals surface area contributed by atoms with E-state index in [1.807, 2.05) is 18.7 Å². The highest BCUT2D eigenvalue weighted by Gasteiger charge is 2.42. The van der Waals surface area contributed by atoms with Crippen LogP contribution < -0.4 is 5.32 Å². The van der Waals surface area contributed by atoms with Crippen LogP contribution in [0, 0.1) is 17.8 Å². The minimum absolute atomic E-state index is 0.0334. The van der Waals surface area contributed by atoms with Crippen molar-refractivity contribution >= 4 is 23.6 Å². The molecule has 20 heavy (non-hydrogen) atoms. The molecule has 0 aromatic rings. The van der Waals surface area contributed by atoms with Gasteiger partial charge in [0.05, 0.1) is 11.8 Å². The first-order valence-electron chi connectivity index (χ1n) is 7.66. The molecule has 3 unspecified atom stereocenters. The number of carboxylic acid groups (broad SMARTS) is 1. The van der Waals surface area contributed by atoms with Crippen molar-refractivity contribution < 1.29 is 14.7 Å². The quantitative estimate of drug-likeness (QED) is 0.818. The summed E-state index contributed by atoms with van der Waals surface area (Å²) < 4.78 is 0. The van der Waals surface area contributed by atoms with Gasteiger partial charge in [0, 0.05) is 11.3 Å². The minimum Gasteiger partial charge on any atom is -0.481 e. The van der Waals surface area contributed by atoms with E-state index in [1.165, 1.54) is 0 Å². The highest BCUT2D eigenvalue weighted by molar-refractivity contribution is 7.99. The molecule has 2 N–H and O–H groups in total. The molecule has 114 valence electrons. The lowest BCUT2D eigenvalue weighted by molar-refractivity contribution is -0.146. The summed E-state index contributed by atoms with van der Waals surface area (Å²) in [5, 5.41) is 13.0. The van der Waals surface area contributed by atoms with Crippen LogP contribution in [-0.2, 0) is 9.59 Å². The number of hydrogen-bond acceptors (Lipinski definition) is 3. The predicted molar refractivity (Wildman–Crippen MR) is 80.7 cm³/mol. The fourth-order valence-electron chi connectivity index (χ4n) is 3.62. The van der Waals surface area contributed by atoms with E-state index in [-0.39, 0.29) is 17.9 Å². The number of rotatable bonds is 5. The van der Waals surface area contributed by atoms with Crippen molar-refractivity contribution in [2.45, 2.75) is 57.2 Å². The Morgan fingerprint density at radius 3 is 2.55 bits per heavy atom. The minimum atomic E-state index is -0.819. The molecule has 0 bridgehead atoms. The normalized spacial score (nSPS) is 37.0. The molecular formula is C15H25NO3S. The molecule has 1 amide bonds. The van der Waals surface area contributed by atoms with Crippen molar-refractivity contribution in [1.29, 1.82) is 0 Å². The van der Waals surface area contributed by atoms with Crippen LogP contribution in [0.5, 0.6) is 0 Å². The van der Waals surface area contributed by atoms with Gasteiger partial charge in [0.15, 0.2) is 0 Å². The van der Waals surface area contributed by atoms with Gasteiger partial charge >= 0.3 is 5.97 Å². The van der Waals surface area contributed by atoms with Crippen molar-refractivity contribution in [3.63, 3.8) is 0 Å². The van der Waals surface area contributed by atoms with E-state index in [4.69, 9.17) is 0 Å². The smallest absolute Gasteiger partial charge is 0.307 e. The molecule has 2 aliphatic rings. The first-order chi connectivity index (χ1) is 9.51. The summed E-state index contributed by atoms with van der Waals surface area (Å²) in [6, 6.07) is 0.247. The third-order valence-electron chi connectivity index (χ3n) is 4.59. The van der Waals surface area contributed by atoms with Crippen molar-refractivity contribution in [3.05, 3.63) is 0 Å². The summed E-state index contributed by atoms with van der Waals surface area (Å²) in [5.74, 6) is -0.229. The summed E-state index contributed by atoms with van der Waals surface area (Å²) in [6.07, 6.45) is 4.57. The van der Waals surface area contributed by atoms with Crippen molar-refractivity contribution in [2.75, 3.05) is 5.75 Å². The van der Waals surface area contributed by atoms with Crippen LogP contribution in [0.1, 0.15) is 46.0 Å². The third-order valence-corrected chi connectivity index (χ3v) is 5.82. The van der Waals surface area contributed by atoms with E-state index >= 15 is 0 Å². The Labute approximate surface area is 125 Å². The van der Waals surface area contributed by atoms with Crippen LogP contribution >= 0.6 is 11.8 Å². The zero-order valence-electron chi connectivity index (χ0n) is 12.3. The van der Waals surface area contributed by atoms with E-state index in [0.29, 0.717) is 24.0 Å². The zero-order chi connectivity index (χ0) is 14.7. The molecule has 2 rings (SSSR count). The molecule has 5 atom stereocenters. The van der Waals surface area contributed by atoms with Crippen LogP contribution in [0.4, 0.5) is 0 Å². The second-order valence-electron chi connectivity index (χ2n) is 6.22. The van der Waals surface area contributed by atoms with E-state index in [9.17, 15) is 14.7 Å². The Hall–Kier alpha value is -0.710. The van der Waals surface area contributed by atoms with Crippen LogP contribution in [0.2, 0.25) is 0 Å². The van der Waals surface area contributed by atoms with Gasteiger partial charge in [-0.15, -0.1) is 0 Å². The average Bonchev–Trinajstić information content (AvgIpc) is 2.96. The maximum Gasteiger partial charge on any atom is 0.307 e. The second-order valence-corrected chi connectivity index (χ2v) is 7.80. The van der Waals surface area contributed by atoms with E-state index in [2.05, 4.69) is 12.2 Å². The van der Waals surface area contributed by atoms with Crippen LogP contribution in [-0.4, -0.2) is 34.0 Å². The lowest BCUT2D eigenvalue weighted by Gasteiger charge is -2.19. The molecule has 2 saturated carbocycles. The van der Waals surface area contributed by atoms with Gasteiger partial charge in [-0.25, -0.2) is 0 Å². The Kier molecular flexibility index (Phi) is 5.35. The van der Waals surface area contributed by atoms with Gasteiger partial charge in [-0.2, -0.15) is 11.8 Å². The second kappa shape index (κ2) is 6.83. The Bertz CT molecular complexity index is 374. The van der Waals surface area contributed by atoms with E-state index < -0.39 is 11.9 Å². The number of carbonyl (C=O) groups is 2. The van der Waals surface area contributed by atoms with Crippen LogP contribution in [0.15, 0.2) is 0 Å². The lowest BCUT2D eigenvalue weighted by atomic mass is 9.95. The number of hydrogen-bond donors (Lipinski definition) is 2. The molecule has 0 aromatic carbocycles. The Morgan fingerprint density at radius 1 is 1.20 bits per heavy atom. The van der Waals surface area contributed by atoms with Gasteiger partial charge in [-0.05, 0) is 43.8 Å². The number of carbonyl (C=O) groups excluding carboxylic acids is 1. The largest absolute Gasteiger partial charge is 0.481 e. The van der Waals surface area contributed by atoms with Gasteiger partial charge in [-0.3, -0.25) is 9.59 Å². The first-order valence-corrected chi connectivity index (χ1v) is 8.70. The molecule has 0 saturated heterocycles. The standard InChI is InChI=1S/C15H25NO3S/c1-3-20-11-5-4-10(8-11)16-14(17)12-6-9(2)7-13(12)15(18)19/h9-13H,3-8H2,1-2H3,(H,16,17)(H,18,19)/t9?,10?,11?,12-,13+/m0/s1. The average molecular weight is 299 g/mol. The fraction of sp³-hybridized carbons (Fsp3) is 0.867. The molecule has 2 fully saturated rings. The summed E-state index contributed by atoms with van der Waals surface area (Å²) in [4.78, 5) is 23.6.